The van der Waals surface area contributed by atoms with Crippen LogP contribution in [0.25, 0.3) is 0 Å². The van der Waals surface area contributed by atoms with Gasteiger partial charge in [0, 0.05) is 12.7 Å². The van der Waals surface area contributed by atoms with Crippen molar-refractivity contribution in [3.05, 3.63) is 11.8 Å². The van der Waals surface area contributed by atoms with Crippen LogP contribution in [0.3, 0.4) is 0 Å². The Bertz CT molecular complexity index is 226. The molecule has 0 aromatic carbocycles. The summed E-state index contributed by atoms with van der Waals surface area (Å²) in [5.74, 6) is 0.498. The number of carbonyl (C=O) groups is 1. The number of allylic oxidation sites excluding steroid dienone is 1. The third kappa shape index (κ3) is 5.45. The normalized spacial score (nSPS) is 16.3. The highest BCUT2D eigenvalue weighted by molar-refractivity contribution is 5.74. The highest BCUT2D eigenvalue weighted by atomic mass is 16.2. The average Bonchev–Trinajstić information content (AvgIpc) is 2.25. The summed E-state index contributed by atoms with van der Waals surface area (Å²) in [7, 11) is 0. The van der Waals surface area contributed by atoms with Gasteiger partial charge in [0.15, 0.2) is 0 Å². The van der Waals surface area contributed by atoms with Crippen LogP contribution >= 0.6 is 0 Å². The Morgan fingerprint density at radius 2 is 2.00 bits per heavy atom. The molecule has 1 aliphatic carbocycles. The van der Waals surface area contributed by atoms with E-state index in [1.807, 2.05) is 6.20 Å². The molecule has 1 aliphatic rings. The Balaban J connectivity index is 2.19. The van der Waals surface area contributed by atoms with Crippen LogP contribution in [0.1, 0.15) is 46.0 Å². The van der Waals surface area contributed by atoms with Gasteiger partial charge < -0.3 is 10.6 Å². The summed E-state index contributed by atoms with van der Waals surface area (Å²) in [5.41, 5.74) is 1.38. The van der Waals surface area contributed by atoms with Crippen molar-refractivity contribution in [1.82, 2.24) is 10.6 Å². The molecule has 0 radical (unpaired) electrons. The third-order valence-electron chi connectivity index (χ3n) is 2.57. The van der Waals surface area contributed by atoms with Crippen LogP contribution in [-0.4, -0.2) is 12.6 Å². The van der Waals surface area contributed by atoms with Crippen molar-refractivity contribution in [3.63, 3.8) is 0 Å². The zero-order valence-corrected chi connectivity index (χ0v) is 9.81. The van der Waals surface area contributed by atoms with E-state index in [1.54, 1.807) is 0 Å². The zero-order valence-electron chi connectivity index (χ0n) is 9.81. The van der Waals surface area contributed by atoms with Crippen molar-refractivity contribution in [1.29, 1.82) is 0 Å². The Morgan fingerprint density at radius 3 is 2.60 bits per heavy atom. The number of nitrogens with one attached hydrogen (secondary N) is 2. The molecular weight excluding hydrogens is 188 g/mol. The van der Waals surface area contributed by atoms with E-state index in [0.29, 0.717) is 5.92 Å². The number of rotatable bonds is 3. The van der Waals surface area contributed by atoms with E-state index in [4.69, 9.17) is 0 Å². The fraction of sp³-hybridized carbons (Fsp3) is 0.750. The van der Waals surface area contributed by atoms with Crippen LogP contribution in [0.2, 0.25) is 0 Å². The van der Waals surface area contributed by atoms with Crippen molar-refractivity contribution in [2.75, 3.05) is 6.54 Å². The van der Waals surface area contributed by atoms with Crippen molar-refractivity contribution in [3.8, 4) is 0 Å². The molecule has 0 atom stereocenters. The van der Waals surface area contributed by atoms with Gasteiger partial charge in [-0.05, 0) is 31.6 Å². The van der Waals surface area contributed by atoms with Gasteiger partial charge in [-0.1, -0.05) is 25.8 Å². The summed E-state index contributed by atoms with van der Waals surface area (Å²) >= 11 is 0. The first-order chi connectivity index (χ1) is 7.18. The predicted octanol–water partition coefficient (Wildman–Crippen LogP) is 2.79. The minimum Gasteiger partial charge on any atom is -0.338 e. The number of urea groups is 1. The van der Waals surface area contributed by atoms with Crippen LogP contribution < -0.4 is 10.6 Å². The molecule has 15 heavy (non-hydrogen) atoms. The molecule has 3 nitrogen and oxygen atoms in total. The Morgan fingerprint density at radius 1 is 1.33 bits per heavy atom. The first-order valence-electron chi connectivity index (χ1n) is 5.91. The molecule has 86 valence electrons. The summed E-state index contributed by atoms with van der Waals surface area (Å²) in [5, 5.41) is 5.62. The van der Waals surface area contributed by atoms with Crippen LogP contribution in [0.5, 0.6) is 0 Å². The molecule has 0 saturated heterocycles. The zero-order chi connectivity index (χ0) is 11.1. The first-order valence-corrected chi connectivity index (χ1v) is 5.91. The van der Waals surface area contributed by atoms with E-state index >= 15 is 0 Å². The lowest BCUT2D eigenvalue weighted by molar-refractivity contribution is 0.242. The van der Waals surface area contributed by atoms with E-state index in [2.05, 4.69) is 24.5 Å². The van der Waals surface area contributed by atoms with Crippen molar-refractivity contribution in [2.45, 2.75) is 46.0 Å². The second-order valence-electron chi connectivity index (χ2n) is 4.61. The number of hydrogen-bond acceptors (Lipinski definition) is 1. The Labute approximate surface area is 92.3 Å². The highest BCUT2D eigenvalue weighted by Crippen LogP contribution is 2.21. The maximum absolute atomic E-state index is 11.3. The van der Waals surface area contributed by atoms with Gasteiger partial charge in [0.2, 0.25) is 0 Å². The lowest BCUT2D eigenvalue weighted by Gasteiger charge is -2.14. The van der Waals surface area contributed by atoms with Gasteiger partial charge in [-0.2, -0.15) is 0 Å². The standard InChI is InChI=1S/C12H22N2O/c1-10(2)8-13-12(15)14-9-11-6-4-3-5-7-11/h9-10H,3-8H2,1-2H3,(H2,13,14,15). The number of hydrogen-bond donors (Lipinski definition) is 2. The molecule has 0 aliphatic heterocycles. The monoisotopic (exact) mass is 210 g/mol. The van der Waals surface area contributed by atoms with E-state index in [0.717, 1.165) is 19.4 Å². The minimum atomic E-state index is -0.0817. The highest BCUT2D eigenvalue weighted by Gasteiger charge is 2.05. The predicted molar refractivity (Wildman–Crippen MR) is 62.5 cm³/mol. The third-order valence-corrected chi connectivity index (χ3v) is 2.57. The van der Waals surface area contributed by atoms with Crippen LogP contribution in [0.15, 0.2) is 11.8 Å². The SMILES string of the molecule is CC(C)CNC(=O)NC=C1CCCCC1. The van der Waals surface area contributed by atoms with Crippen LogP contribution in [-0.2, 0) is 0 Å². The lowest BCUT2D eigenvalue weighted by Crippen LogP contribution is -2.34. The minimum absolute atomic E-state index is 0.0817. The van der Waals surface area contributed by atoms with Gasteiger partial charge in [-0.3, -0.25) is 0 Å². The fourth-order valence-electron chi connectivity index (χ4n) is 1.67. The summed E-state index contributed by atoms with van der Waals surface area (Å²) < 4.78 is 0. The van der Waals surface area contributed by atoms with Crippen molar-refractivity contribution < 1.29 is 4.79 Å². The Kier molecular flexibility index (Phi) is 5.22. The van der Waals surface area contributed by atoms with E-state index in [-0.39, 0.29) is 6.03 Å². The molecule has 2 N–H and O–H groups in total. The van der Waals surface area contributed by atoms with E-state index < -0.39 is 0 Å². The molecule has 1 rings (SSSR count). The maximum atomic E-state index is 11.3. The lowest BCUT2D eigenvalue weighted by atomic mass is 9.96. The maximum Gasteiger partial charge on any atom is 0.318 e. The second-order valence-corrected chi connectivity index (χ2v) is 4.61. The van der Waals surface area contributed by atoms with Crippen LogP contribution in [0.4, 0.5) is 4.79 Å². The first kappa shape index (κ1) is 12.1. The molecule has 0 aromatic heterocycles. The molecule has 0 bridgehead atoms. The quantitative estimate of drug-likeness (QED) is 0.739. The van der Waals surface area contributed by atoms with Gasteiger partial charge in [-0.25, -0.2) is 4.79 Å². The van der Waals surface area contributed by atoms with E-state index in [9.17, 15) is 4.79 Å². The largest absolute Gasteiger partial charge is 0.338 e. The molecule has 1 fully saturated rings. The number of amides is 2. The summed E-state index contributed by atoms with van der Waals surface area (Å²) in [6.07, 6.45) is 8.03. The van der Waals surface area contributed by atoms with Gasteiger partial charge in [-0.15, -0.1) is 0 Å². The van der Waals surface area contributed by atoms with E-state index in [1.165, 1.54) is 24.8 Å². The molecule has 2 amide bonds. The Hall–Kier alpha value is -0.990. The van der Waals surface area contributed by atoms with Crippen LogP contribution in [0, 0.1) is 5.92 Å². The molecular formula is C12H22N2O. The fourth-order valence-corrected chi connectivity index (χ4v) is 1.67. The van der Waals surface area contributed by atoms with Gasteiger partial charge in [0.25, 0.3) is 0 Å². The van der Waals surface area contributed by atoms with Crippen molar-refractivity contribution >= 4 is 6.03 Å². The molecule has 0 heterocycles. The van der Waals surface area contributed by atoms with Gasteiger partial charge in [0.1, 0.15) is 0 Å². The molecule has 1 saturated carbocycles. The summed E-state index contributed by atoms with van der Waals surface area (Å²) in [6.45, 7) is 4.90. The molecule has 0 aromatic rings. The van der Waals surface area contributed by atoms with Crippen molar-refractivity contribution in [2.24, 2.45) is 5.92 Å². The summed E-state index contributed by atoms with van der Waals surface area (Å²) in [6, 6.07) is -0.0817. The molecule has 0 unspecified atom stereocenters. The summed E-state index contributed by atoms with van der Waals surface area (Å²) in [4.78, 5) is 11.3. The second kappa shape index (κ2) is 6.49. The molecule has 0 spiro atoms. The average molecular weight is 210 g/mol. The smallest absolute Gasteiger partial charge is 0.318 e. The molecule has 3 heteroatoms. The topological polar surface area (TPSA) is 41.1 Å². The number of carbonyl (C=O) groups excluding carboxylic acids is 1. The van der Waals surface area contributed by atoms with Gasteiger partial charge >= 0.3 is 6.03 Å². The van der Waals surface area contributed by atoms with Gasteiger partial charge in [0.05, 0.1) is 0 Å².